The lowest BCUT2D eigenvalue weighted by atomic mass is 9.49. The number of nitrogens with one attached hydrogen (secondary N) is 1. The van der Waals surface area contributed by atoms with Gasteiger partial charge < -0.3 is 14.5 Å². The number of hydrogen-bond acceptors (Lipinski definition) is 3. The second-order valence-electron chi connectivity index (χ2n) is 9.55. The molecule has 9 heteroatoms. The fourth-order valence-corrected chi connectivity index (χ4v) is 7.52. The van der Waals surface area contributed by atoms with Gasteiger partial charge in [-0.05, 0) is 73.8 Å². The summed E-state index contributed by atoms with van der Waals surface area (Å²) in [5.41, 5.74) is 0.267. The number of hydrogen-bond donors (Lipinski definition) is 1. The molecule has 0 atom stereocenters. The summed E-state index contributed by atoms with van der Waals surface area (Å²) in [5.74, 6) is 3.13. The van der Waals surface area contributed by atoms with Crippen molar-refractivity contribution in [2.24, 2.45) is 23.2 Å². The van der Waals surface area contributed by atoms with Crippen LogP contribution in [0.1, 0.15) is 54.8 Å². The van der Waals surface area contributed by atoms with Crippen LogP contribution in [0, 0.1) is 23.2 Å². The monoisotopic (exact) mass is 535 g/mol. The van der Waals surface area contributed by atoms with E-state index in [0.29, 0.717) is 5.76 Å². The van der Waals surface area contributed by atoms with E-state index in [1.165, 1.54) is 38.5 Å². The van der Waals surface area contributed by atoms with E-state index in [4.69, 9.17) is 67.2 Å². The van der Waals surface area contributed by atoms with Crippen LogP contribution in [-0.4, -0.2) is 12.5 Å². The Balaban J connectivity index is 1.21. The van der Waals surface area contributed by atoms with Crippen molar-refractivity contribution in [3.05, 3.63) is 48.8 Å². The van der Waals surface area contributed by atoms with Crippen LogP contribution in [0.25, 0.3) is 0 Å². The fourth-order valence-electron chi connectivity index (χ4n) is 6.29. The second-order valence-corrected chi connectivity index (χ2v) is 11.4. The lowest BCUT2D eigenvalue weighted by molar-refractivity contribution is -0.0504. The highest BCUT2D eigenvalue weighted by atomic mass is 35.5. The zero-order chi connectivity index (χ0) is 22.6. The van der Waals surface area contributed by atoms with Crippen molar-refractivity contribution >= 4 is 63.9 Å². The number of rotatable bonds is 6. The standard InChI is InChI=1S/C23H22Cl5NO3/c24-16-17(25)19(27)21(20(28)18(16)26)31-9-14-1-2-15(32-14)22(30)29-10-23-6-11-3-12(7-23)5-13(4-11)8-23/h1-2,11-13H,3-10H2,(H,29,30). The van der Waals surface area contributed by atoms with Gasteiger partial charge in [0.1, 0.15) is 22.4 Å². The lowest BCUT2D eigenvalue weighted by Gasteiger charge is -2.56. The third-order valence-corrected chi connectivity index (χ3v) is 9.44. The van der Waals surface area contributed by atoms with Crippen molar-refractivity contribution in [3.8, 4) is 5.75 Å². The lowest BCUT2D eigenvalue weighted by Crippen LogP contribution is -2.51. The fraction of sp³-hybridized carbons (Fsp3) is 0.522. The molecule has 0 aliphatic heterocycles. The Morgan fingerprint density at radius 2 is 1.44 bits per heavy atom. The maximum Gasteiger partial charge on any atom is 0.287 e. The first kappa shape index (κ1) is 23.0. The van der Waals surface area contributed by atoms with E-state index in [-0.39, 0.29) is 54.6 Å². The molecule has 1 heterocycles. The Bertz CT molecular complexity index is 1000. The molecule has 32 heavy (non-hydrogen) atoms. The average molecular weight is 538 g/mol. The molecule has 4 aliphatic rings. The molecule has 0 radical (unpaired) electrons. The summed E-state index contributed by atoms with van der Waals surface area (Å²) in [6, 6.07) is 3.32. The average Bonchev–Trinajstić information content (AvgIpc) is 3.23. The van der Waals surface area contributed by atoms with E-state index in [9.17, 15) is 4.79 Å². The molecule has 1 aromatic carbocycles. The number of furan rings is 1. The van der Waals surface area contributed by atoms with Crippen LogP contribution in [0.15, 0.2) is 16.5 Å². The van der Waals surface area contributed by atoms with Crippen LogP contribution in [0.5, 0.6) is 5.75 Å². The molecule has 0 spiro atoms. The van der Waals surface area contributed by atoms with Gasteiger partial charge in [-0.2, -0.15) is 0 Å². The van der Waals surface area contributed by atoms with Crippen molar-refractivity contribution in [1.82, 2.24) is 5.32 Å². The topological polar surface area (TPSA) is 51.5 Å². The van der Waals surface area contributed by atoms with Crippen molar-refractivity contribution in [1.29, 1.82) is 0 Å². The SMILES string of the molecule is O=C(NCC12CC3CC(CC(C3)C1)C2)c1ccc(COc2c(Cl)c(Cl)c(Cl)c(Cl)c2Cl)o1. The van der Waals surface area contributed by atoms with Crippen LogP contribution < -0.4 is 10.1 Å². The molecule has 4 nitrogen and oxygen atoms in total. The Kier molecular flexibility index (Phi) is 6.30. The molecule has 4 fully saturated rings. The molecule has 4 bridgehead atoms. The van der Waals surface area contributed by atoms with Gasteiger partial charge in [-0.3, -0.25) is 4.79 Å². The quantitative estimate of drug-likeness (QED) is 0.299. The van der Waals surface area contributed by atoms with Gasteiger partial charge in [-0.15, -0.1) is 0 Å². The highest BCUT2D eigenvalue weighted by Gasteiger charge is 2.50. The Morgan fingerprint density at radius 1 is 0.906 bits per heavy atom. The van der Waals surface area contributed by atoms with E-state index in [1.54, 1.807) is 12.1 Å². The zero-order valence-electron chi connectivity index (χ0n) is 17.2. The summed E-state index contributed by atoms with van der Waals surface area (Å²) in [6.45, 7) is 0.713. The first-order chi connectivity index (χ1) is 15.2. The van der Waals surface area contributed by atoms with Crippen LogP contribution in [0.3, 0.4) is 0 Å². The third-order valence-electron chi connectivity index (χ3n) is 7.20. The molecule has 172 valence electrons. The highest BCUT2D eigenvalue weighted by molar-refractivity contribution is 6.55. The summed E-state index contributed by atoms with van der Waals surface area (Å²) in [4.78, 5) is 12.7. The summed E-state index contributed by atoms with van der Waals surface area (Å²) in [5, 5.41) is 3.42. The Morgan fingerprint density at radius 3 is 2.00 bits per heavy atom. The predicted molar refractivity (Wildman–Crippen MR) is 127 cm³/mol. The molecular formula is C23H22Cl5NO3. The molecule has 4 aliphatic carbocycles. The molecule has 2 aromatic rings. The zero-order valence-corrected chi connectivity index (χ0v) is 20.9. The number of carbonyl (C=O) groups is 1. The summed E-state index contributed by atoms with van der Waals surface area (Å²) in [6.07, 6.45) is 7.87. The minimum Gasteiger partial charge on any atom is -0.482 e. The molecule has 1 N–H and O–H groups in total. The third kappa shape index (κ3) is 4.22. The minimum absolute atomic E-state index is 0.00398. The maximum absolute atomic E-state index is 12.7. The van der Waals surface area contributed by atoms with E-state index in [1.807, 2.05) is 0 Å². The number of halogens is 5. The molecule has 6 rings (SSSR count). The van der Waals surface area contributed by atoms with Crippen LogP contribution in [-0.2, 0) is 6.61 Å². The van der Waals surface area contributed by atoms with E-state index >= 15 is 0 Å². The van der Waals surface area contributed by atoms with Crippen molar-refractivity contribution in [2.45, 2.75) is 45.1 Å². The summed E-state index contributed by atoms with van der Waals surface area (Å²) in [7, 11) is 0. The predicted octanol–water partition coefficient (Wildman–Crippen LogP) is 8.07. The first-order valence-corrected chi connectivity index (χ1v) is 12.6. The van der Waals surface area contributed by atoms with Gasteiger partial charge in [-0.25, -0.2) is 0 Å². The van der Waals surface area contributed by atoms with Gasteiger partial charge in [0.15, 0.2) is 11.5 Å². The highest BCUT2D eigenvalue weighted by Crippen LogP contribution is 2.59. The van der Waals surface area contributed by atoms with Gasteiger partial charge in [0, 0.05) is 6.54 Å². The number of benzene rings is 1. The Labute approximate surface area is 211 Å². The van der Waals surface area contributed by atoms with E-state index in [2.05, 4.69) is 5.32 Å². The van der Waals surface area contributed by atoms with Crippen molar-refractivity contribution in [2.75, 3.05) is 6.54 Å². The van der Waals surface area contributed by atoms with Crippen LogP contribution >= 0.6 is 58.0 Å². The van der Waals surface area contributed by atoms with Crippen molar-refractivity contribution in [3.63, 3.8) is 0 Å². The Hall–Kier alpha value is -0.780. The number of ether oxygens (including phenoxy) is 1. The van der Waals surface area contributed by atoms with E-state index < -0.39 is 0 Å². The van der Waals surface area contributed by atoms with Gasteiger partial charge in [0.25, 0.3) is 5.91 Å². The largest absolute Gasteiger partial charge is 0.482 e. The normalized spacial score (nSPS) is 28.2. The number of carbonyl (C=O) groups excluding carboxylic acids is 1. The maximum atomic E-state index is 12.7. The van der Waals surface area contributed by atoms with Crippen molar-refractivity contribution < 1.29 is 13.9 Å². The van der Waals surface area contributed by atoms with Gasteiger partial charge in [0.2, 0.25) is 0 Å². The molecule has 0 unspecified atom stereocenters. The first-order valence-electron chi connectivity index (χ1n) is 10.8. The minimum atomic E-state index is -0.208. The molecular weight excluding hydrogens is 516 g/mol. The molecule has 1 aromatic heterocycles. The number of amides is 1. The summed E-state index contributed by atoms with van der Waals surface area (Å²) >= 11 is 30.5. The summed E-state index contributed by atoms with van der Waals surface area (Å²) < 4.78 is 11.4. The second kappa shape index (κ2) is 8.78. The smallest absolute Gasteiger partial charge is 0.287 e. The van der Waals surface area contributed by atoms with E-state index in [0.717, 1.165) is 24.3 Å². The molecule has 0 saturated heterocycles. The van der Waals surface area contributed by atoms with Gasteiger partial charge >= 0.3 is 0 Å². The van der Waals surface area contributed by atoms with Crippen LogP contribution in [0.2, 0.25) is 25.1 Å². The molecule has 1 amide bonds. The van der Waals surface area contributed by atoms with Gasteiger partial charge in [0.05, 0.1) is 15.1 Å². The molecule has 4 saturated carbocycles. The van der Waals surface area contributed by atoms with Crippen LogP contribution in [0.4, 0.5) is 0 Å². The van der Waals surface area contributed by atoms with Gasteiger partial charge in [-0.1, -0.05) is 58.0 Å².